The maximum Gasteiger partial charge on any atom is 0.0608 e. The van der Waals surface area contributed by atoms with E-state index in [9.17, 15) is 5.11 Å². The van der Waals surface area contributed by atoms with Crippen molar-refractivity contribution in [1.82, 2.24) is 0 Å². The fourth-order valence-electron chi connectivity index (χ4n) is 2.56. The van der Waals surface area contributed by atoms with Gasteiger partial charge in [0, 0.05) is 5.92 Å². The SMILES string of the molecule is CC(C)(C)c1ccc(C2CCCC2O)cc1. The molecule has 0 bridgehead atoms. The van der Waals surface area contributed by atoms with Gasteiger partial charge in [-0.25, -0.2) is 0 Å². The molecule has 1 nitrogen and oxygen atoms in total. The maximum absolute atomic E-state index is 9.87. The summed E-state index contributed by atoms with van der Waals surface area (Å²) in [5, 5.41) is 9.87. The lowest BCUT2D eigenvalue weighted by Crippen LogP contribution is -2.13. The largest absolute Gasteiger partial charge is 0.392 e. The van der Waals surface area contributed by atoms with Gasteiger partial charge in [-0.05, 0) is 29.4 Å². The Morgan fingerprint density at radius 1 is 1.06 bits per heavy atom. The van der Waals surface area contributed by atoms with Crippen molar-refractivity contribution >= 4 is 0 Å². The first kappa shape index (κ1) is 11.7. The number of benzene rings is 1. The zero-order chi connectivity index (χ0) is 11.8. The highest BCUT2D eigenvalue weighted by atomic mass is 16.3. The molecule has 0 radical (unpaired) electrons. The second kappa shape index (κ2) is 4.21. The Kier molecular flexibility index (Phi) is 3.07. The van der Waals surface area contributed by atoms with Crippen molar-refractivity contribution in [3.05, 3.63) is 35.4 Å². The van der Waals surface area contributed by atoms with Crippen LogP contribution in [-0.2, 0) is 5.41 Å². The fraction of sp³-hybridized carbons (Fsp3) is 0.600. The van der Waals surface area contributed by atoms with Crippen LogP contribution in [0.2, 0.25) is 0 Å². The van der Waals surface area contributed by atoms with Gasteiger partial charge in [-0.2, -0.15) is 0 Å². The van der Waals surface area contributed by atoms with E-state index in [1.165, 1.54) is 11.1 Å². The average Bonchev–Trinajstić information content (AvgIpc) is 2.63. The molecule has 1 aromatic rings. The second-order valence-electron chi connectivity index (χ2n) is 5.98. The van der Waals surface area contributed by atoms with E-state index < -0.39 is 0 Å². The van der Waals surface area contributed by atoms with Crippen molar-refractivity contribution in [1.29, 1.82) is 0 Å². The van der Waals surface area contributed by atoms with Crippen molar-refractivity contribution in [3.8, 4) is 0 Å². The summed E-state index contributed by atoms with van der Waals surface area (Å²) >= 11 is 0. The Balaban J connectivity index is 2.19. The van der Waals surface area contributed by atoms with Gasteiger partial charge in [-0.3, -0.25) is 0 Å². The smallest absolute Gasteiger partial charge is 0.0608 e. The molecule has 0 aromatic heterocycles. The van der Waals surface area contributed by atoms with Gasteiger partial charge in [-0.1, -0.05) is 51.5 Å². The summed E-state index contributed by atoms with van der Waals surface area (Å²) in [5.41, 5.74) is 2.88. The van der Waals surface area contributed by atoms with Crippen molar-refractivity contribution in [2.24, 2.45) is 0 Å². The van der Waals surface area contributed by atoms with E-state index in [-0.39, 0.29) is 11.5 Å². The lowest BCUT2D eigenvalue weighted by atomic mass is 9.85. The van der Waals surface area contributed by atoms with E-state index in [0.29, 0.717) is 5.92 Å². The summed E-state index contributed by atoms with van der Waals surface area (Å²) in [7, 11) is 0. The van der Waals surface area contributed by atoms with E-state index in [4.69, 9.17) is 0 Å². The Hall–Kier alpha value is -0.820. The first-order chi connectivity index (χ1) is 7.48. The molecule has 1 aliphatic carbocycles. The molecule has 16 heavy (non-hydrogen) atoms. The fourth-order valence-corrected chi connectivity index (χ4v) is 2.56. The molecule has 2 unspecified atom stereocenters. The van der Waals surface area contributed by atoms with E-state index >= 15 is 0 Å². The molecular formula is C15H22O. The minimum absolute atomic E-state index is 0.125. The Morgan fingerprint density at radius 2 is 1.69 bits per heavy atom. The van der Waals surface area contributed by atoms with Gasteiger partial charge in [0.2, 0.25) is 0 Å². The molecular weight excluding hydrogens is 196 g/mol. The maximum atomic E-state index is 9.87. The van der Waals surface area contributed by atoms with Crippen LogP contribution in [0.3, 0.4) is 0 Å². The summed E-state index contributed by atoms with van der Waals surface area (Å²) in [6.45, 7) is 6.69. The Bertz CT molecular complexity index is 345. The Labute approximate surface area is 98.5 Å². The molecule has 1 N–H and O–H groups in total. The van der Waals surface area contributed by atoms with Crippen LogP contribution in [0.4, 0.5) is 0 Å². The molecule has 2 rings (SSSR count). The monoisotopic (exact) mass is 218 g/mol. The van der Waals surface area contributed by atoms with Crippen molar-refractivity contribution in [2.45, 2.75) is 57.5 Å². The first-order valence-corrected chi connectivity index (χ1v) is 6.27. The predicted octanol–water partition coefficient (Wildman–Crippen LogP) is 3.61. The highest BCUT2D eigenvalue weighted by molar-refractivity contribution is 5.30. The highest BCUT2D eigenvalue weighted by Crippen LogP contribution is 2.35. The molecule has 1 aromatic carbocycles. The van der Waals surface area contributed by atoms with Gasteiger partial charge < -0.3 is 5.11 Å². The van der Waals surface area contributed by atoms with Crippen LogP contribution in [0.1, 0.15) is 57.1 Å². The van der Waals surface area contributed by atoms with Crippen molar-refractivity contribution in [3.63, 3.8) is 0 Å². The van der Waals surface area contributed by atoms with Gasteiger partial charge >= 0.3 is 0 Å². The van der Waals surface area contributed by atoms with Crippen molar-refractivity contribution < 1.29 is 5.11 Å². The molecule has 2 atom stereocenters. The third-order valence-electron chi connectivity index (χ3n) is 3.68. The van der Waals surface area contributed by atoms with Gasteiger partial charge in [0.1, 0.15) is 0 Å². The van der Waals surface area contributed by atoms with Crippen LogP contribution in [0.5, 0.6) is 0 Å². The first-order valence-electron chi connectivity index (χ1n) is 6.27. The molecule has 0 spiro atoms. The molecule has 1 fully saturated rings. The van der Waals surface area contributed by atoms with Crippen molar-refractivity contribution in [2.75, 3.05) is 0 Å². The quantitative estimate of drug-likeness (QED) is 0.763. The van der Waals surface area contributed by atoms with Crippen LogP contribution < -0.4 is 0 Å². The standard InChI is InChI=1S/C15H22O/c1-15(2,3)12-9-7-11(8-10-12)13-5-4-6-14(13)16/h7-10,13-14,16H,4-6H2,1-3H3. The number of hydrogen-bond donors (Lipinski definition) is 1. The van der Waals surface area contributed by atoms with Crippen LogP contribution in [0.25, 0.3) is 0 Å². The molecule has 0 aliphatic heterocycles. The molecule has 88 valence electrons. The van der Waals surface area contributed by atoms with E-state index in [0.717, 1.165) is 19.3 Å². The van der Waals surface area contributed by atoms with Crippen LogP contribution in [-0.4, -0.2) is 11.2 Å². The number of rotatable bonds is 1. The summed E-state index contributed by atoms with van der Waals surface area (Å²) in [5.74, 6) is 0.369. The second-order valence-corrected chi connectivity index (χ2v) is 5.98. The average molecular weight is 218 g/mol. The third-order valence-corrected chi connectivity index (χ3v) is 3.68. The zero-order valence-corrected chi connectivity index (χ0v) is 10.5. The summed E-state index contributed by atoms with van der Waals surface area (Å²) < 4.78 is 0. The lowest BCUT2D eigenvalue weighted by molar-refractivity contribution is 0.164. The molecule has 1 heteroatoms. The van der Waals surface area contributed by atoms with Crippen LogP contribution in [0, 0.1) is 0 Å². The third kappa shape index (κ3) is 2.30. The number of aliphatic hydroxyl groups is 1. The molecule has 0 heterocycles. The van der Waals surface area contributed by atoms with Gasteiger partial charge in [0.15, 0.2) is 0 Å². The summed E-state index contributed by atoms with van der Waals surface area (Å²) in [4.78, 5) is 0. The van der Waals surface area contributed by atoms with E-state index in [1.54, 1.807) is 0 Å². The number of hydrogen-bond acceptors (Lipinski definition) is 1. The molecule has 0 amide bonds. The minimum Gasteiger partial charge on any atom is -0.392 e. The molecule has 1 saturated carbocycles. The normalized spacial score (nSPS) is 26.0. The summed E-state index contributed by atoms with van der Waals surface area (Å²) in [6.07, 6.45) is 3.13. The van der Waals surface area contributed by atoms with Gasteiger partial charge in [0.05, 0.1) is 6.10 Å². The van der Waals surface area contributed by atoms with Gasteiger partial charge in [-0.15, -0.1) is 0 Å². The van der Waals surface area contributed by atoms with E-state index in [1.807, 2.05) is 0 Å². The zero-order valence-electron chi connectivity index (χ0n) is 10.5. The topological polar surface area (TPSA) is 20.2 Å². The Morgan fingerprint density at radius 3 is 2.12 bits per heavy atom. The highest BCUT2D eigenvalue weighted by Gasteiger charge is 2.26. The van der Waals surface area contributed by atoms with Crippen LogP contribution in [0.15, 0.2) is 24.3 Å². The number of aliphatic hydroxyl groups excluding tert-OH is 1. The lowest BCUT2D eigenvalue weighted by Gasteiger charge is -2.21. The van der Waals surface area contributed by atoms with E-state index in [2.05, 4.69) is 45.0 Å². The summed E-state index contributed by atoms with van der Waals surface area (Å²) in [6, 6.07) is 8.81. The van der Waals surface area contributed by atoms with Gasteiger partial charge in [0.25, 0.3) is 0 Å². The predicted molar refractivity (Wildman–Crippen MR) is 67.7 cm³/mol. The molecule has 1 aliphatic rings. The van der Waals surface area contributed by atoms with Crippen LogP contribution >= 0.6 is 0 Å². The minimum atomic E-state index is -0.125. The molecule has 0 saturated heterocycles.